The van der Waals surface area contributed by atoms with Crippen LogP contribution in [0.15, 0.2) is 41.8 Å². The molecule has 2 aromatic rings. The second-order valence-corrected chi connectivity index (χ2v) is 6.22. The van der Waals surface area contributed by atoms with E-state index in [1.54, 1.807) is 18.6 Å². The van der Waals surface area contributed by atoms with E-state index >= 15 is 0 Å². The van der Waals surface area contributed by atoms with E-state index in [9.17, 15) is 8.60 Å². The fourth-order valence-electron chi connectivity index (χ4n) is 2.15. The molecular weight excluding hydrogens is 331 g/mol. The standard InChI is InChI=1S/C18H19FO4S/c1-21-15-6-4-13(5-7-15)12-24(20)9-8-16-17(22-2)10-14(19)11-18(16)23-3/h4-11H,12H2,1-3H3/b9-8+. The molecular formula is C18H19FO4S. The lowest BCUT2D eigenvalue weighted by Gasteiger charge is -2.10. The summed E-state index contributed by atoms with van der Waals surface area (Å²) in [5.74, 6) is 1.31. The first-order valence-electron chi connectivity index (χ1n) is 7.17. The molecule has 1 unspecified atom stereocenters. The molecule has 0 saturated carbocycles. The summed E-state index contributed by atoms with van der Waals surface area (Å²) in [6.45, 7) is 0. The number of methoxy groups -OCH3 is 3. The Morgan fingerprint density at radius 3 is 2.08 bits per heavy atom. The van der Waals surface area contributed by atoms with E-state index in [-0.39, 0.29) is 0 Å². The van der Waals surface area contributed by atoms with Crippen molar-refractivity contribution in [2.75, 3.05) is 21.3 Å². The molecule has 4 nitrogen and oxygen atoms in total. The maximum atomic E-state index is 13.5. The quantitative estimate of drug-likeness (QED) is 0.762. The van der Waals surface area contributed by atoms with Crippen molar-refractivity contribution in [2.24, 2.45) is 0 Å². The molecule has 0 spiro atoms. The third kappa shape index (κ3) is 4.58. The topological polar surface area (TPSA) is 44.8 Å². The highest BCUT2D eigenvalue weighted by Crippen LogP contribution is 2.31. The van der Waals surface area contributed by atoms with Gasteiger partial charge in [0.15, 0.2) is 0 Å². The number of ether oxygens (including phenoxy) is 3. The second kappa shape index (κ2) is 8.49. The molecule has 6 heteroatoms. The Hall–Kier alpha value is -2.34. The molecule has 2 rings (SSSR count). The maximum Gasteiger partial charge on any atom is 0.132 e. The van der Waals surface area contributed by atoms with Gasteiger partial charge in [-0.2, -0.15) is 0 Å². The summed E-state index contributed by atoms with van der Waals surface area (Å²) in [5.41, 5.74) is 1.47. The maximum absolute atomic E-state index is 13.5. The van der Waals surface area contributed by atoms with E-state index in [2.05, 4.69) is 0 Å². The van der Waals surface area contributed by atoms with Gasteiger partial charge >= 0.3 is 0 Å². The van der Waals surface area contributed by atoms with Crippen molar-refractivity contribution in [3.05, 3.63) is 58.8 Å². The van der Waals surface area contributed by atoms with Gasteiger partial charge in [0.25, 0.3) is 0 Å². The van der Waals surface area contributed by atoms with Gasteiger partial charge in [-0.25, -0.2) is 4.39 Å². The van der Waals surface area contributed by atoms with Gasteiger partial charge in [0.1, 0.15) is 23.1 Å². The van der Waals surface area contributed by atoms with Crippen LogP contribution in [0.1, 0.15) is 11.1 Å². The van der Waals surface area contributed by atoms with Crippen LogP contribution in [-0.4, -0.2) is 25.5 Å². The Kier molecular flexibility index (Phi) is 6.37. The van der Waals surface area contributed by atoms with Crippen molar-refractivity contribution in [3.8, 4) is 17.2 Å². The average molecular weight is 350 g/mol. The minimum absolute atomic E-state index is 0.324. The predicted octanol–water partition coefficient (Wildman–Crippen LogP) is 3.77. The fraction of sp³-hybridized carbons (Fsp3) is 0.222. The first-order valence-corrected chi connectivity index (χ1v) is 8.55. The number of hydrogen-bond acceptors (Lipinski definition) is 4. The third-order valence-electron chi connectivity index (χ3n) is 3.36. The van der Waals surface area contributed by atoms with Gasteiger partial charge in [0.05, 0.1) is 43.4 Å². The molecule has 0 aromatic heterocycles. The molecule has 128 valence electrons. The van der Waals surface area contributed by atoms with E-state index in [4.69, 9.17) is 14.2 Å². The molecule has 2 aromatic carbocycles. The van der Waals surface area contributed by atoms with Gasteiger partial charge in [-0.1, -0.05) is 12.1 Å². The van der Waals surface area contributed by atoms with E-state index in [1.807, 2.05) is 24.3 Å². The number of halogens is 1. The molecule has 0 aliphatic heterocycles. The fourth-order valence-corrected chi connectivity index (χ4v) is 3.05. The molecule has 1 atom stereocenters. The van der Waals surface area contributed by atoms with Crippen molar-refractivity contribution in [1.82, 2.24) is 0 Å². The van der Waals surface area contributed by atoms with Crippen molar-refractivity contribution in [1.29, 1.82) is 0 Å². The summed E-state index contributed by atoms with van der Waals surface area (Å²) >= 11 is 0. The number of hydrogen-bond donors (Lipinski definition) is 0. The van der Waals surface area contributed by atoms with Crippen LogP contribution in [0.25, 0.3) is 6.08 Å². The van der Waals surface area contributed by atoms with Crippen molar-refractivity contribution in [2.45, 2.75) is 5.75 Å². The first kappa shape index (κ1) is 18.0. The molecule has 0 N–H and O–H groups in total. The largest absolute Gasteiger partial charge is 0.497 e. The first-order chi connectivity index (χ1) is 11.6. The van der Waals surface area contributed by atoms with Crippen molar-refractivity contribution in [3.63, 3.8) is 0 Å². The van der Waals surface area contributed by atoms with Crippen LogP contribution in [0.5, 0.6) is 17.2 Å². The Labute approximate surface area is 143 Å². The molecule has 0 aliphatic rings. The van der Waals surface area contributed by atoms with Gasteiger partial charge in [-0.15, -0.1) is 0 Å². The van der Waals surface area contributed by atoms with Crippen LogP contribution in [0.4, 0.5) is 4.39 Å². The van der Waals surface area contributed by atoms with Crippen LogP contribution >= 0.6 is 0 Å². The zero-order valence-corrected chi connectivity index (χ0v) is 14.6. The lowest BCUT2D eigenvalue weighted by atomic mass is 10.1. The third-order valence-corrected chi connectivity index (χ3v) is 4.42. The summed E-state index contributed by atoms with van der Waals surface area (Å²) in [6, 6.07) is 9.89. The zero-order chi connectivity index (χ0) is 17.5. The van der Waals surface area contributed by atoms with E-state index < -0.39 is 16.6 Å². The van der Waals surface area contributed by atoms with Crippen LogP contribution < -0.4 is 14.2 Å². The summed E-state index contributed by atoms with van der Waals surface area (Å²) in [5, 5.41) is 1.54. The Bertz CT molecular complexity index is 716. The minimum Gasteiger partial charge on any atom is -0.497 e. The van der Waals surface area contributed by atoms with Crippen molar-refractivity contribution < 1.29 is 22.8 Å². The Balaban J connectivity index is 2.16. The summed E-state index contributed by atoms with van der Waals surface area (Å²) < 4.78 is 41.1. The summed E-state index contributed by atoms with van der Waals surface area (Å²) in [6.07, 6.45) is 1.62. The minimum atomic E-state index is -1.23. The highest BCUT2D eigenvalue weighted by atomic mass is 32.2. The smallest absolute Gasteiger partial charge is 0.132 e. The lowest BCUT2D eigenvalue weighted by Crippen LogP contribution is -1.95. The van der Waals surface area contributed by atoms with Gasteiger partial charge in [-0.05, 0) is 23.8 Å². The van der Waals surface area contributed by atoms with E-state index in [1.165, 1.54) is 26.4 Å². The average Bonchev–Trinajstić information content (AvgIpc) is 2.60. The Morgan fingerprint density at radius 1 is 1.00 bits per heavy atom. The number of rotatable bonds is 7. The van der Waals surface area contributed by atoms with Gasteiger partial charge < -0.3 is 14.2 Å². The van der Waals surface area contributed by atoms with Gasteiger partial charge in [-0.3, -0.25) is 4.21 Å². The monoisotopic (exact) mass is 350 g/mol. The van der Waals surface area contributed by atoms with Crippen LogP contribution in [-0.2, 0) is 16.6 Å². The highest BCUT2D eigenvalue weighted by Gasteiger charge is 2.10. The summed E-state index contributed by atoms with van der Waals surface area (Å²) in [7, 11) is 3.25. The molecule has 24 heavy (non-hydrogen) atoms. The zero-order valence-electron chi connectivity index (χ0n) is 13.7. The second-order valence-electron chi connectivity index (χ2n) is 4.90. The SMILES string of the molecule is COc1ccc(CS(=O)/C=C/c2c(OC)cc(F)cc2OC)cc1. The molecule has 0 radical (unpaired) electrons. The van der Waals surface area contributed by atoms with Crippen LogP contribution in [0.3, 0.4) is 0 Å². The summed E-state index contributed by atoms with van der Waals surface area (Å²) in [4.78, 5) is 0. The van der Waals surface area contributed by atoms with Crippen molar-refractivity contribution >= 4 is 16.9 Å². The molecule has 0 heterocycles. The molecule has 0 bridgehead atoms. The molecule has 0 amide bonds. The molecule has 0 saturated heterocycles. The van der Waals surface area contributed by atoms with Gasteiger partial charge in [0.2, 0.25) is 0 Å². The van der Waals surface area contributed by atoms with E-state index in [0.717, 1.165) is 11.3 Å². The Morgan fingerprint density at radius 2 is 1.58 bits per heavy atom. The molecule has 0 aliphatic carbocycles. The normalized spacial score (nSPS) is 12.2. The highest BCUT2D eigenvalue weighted by molar-refractivity contribution is 7.87. The predicted molar refractivity (Wildman–Crippen MR) is 93.4 cm³/mol. The van der Waals surface area contributed by atoms with Crippen LogP contribution in [0.2, 0.25) is 0 Å². The number of benzene rings is 2. The van der Waals surface area contributed by atoms with Crippen LogP contribution in [0, 0.1) is 5.82 Å². The molecule has 0 fully saturated rings. The van der Waals surface area contributed by atoms with Gasteiger partial charge in [0, 0.05) is 17.5 Å². The lowest BCUT2D eigenvalue weighted by molar-refractivity contribution is 0.387. The van der Waals surface area contributed by atoms with E-state index in [0.29, 0.717) is 22.8 Å².